The highest BCUT2D eigenvalue weighted by molar-refractivity contribution is 6.67. The van der Waals surface area contributed by atoms with E-state index >= 15 is 0 Å². The molecule has 5 heteroatoms. The van der Waals surface area contributed by atoms with Crippen LogP contribution in [0.2, 0.25) is 10.0 Å². The summed E-state index contributed by atoms with van der Waals surface area (Å²) in [6.45, 7) is 0. The Morgan fingerprint density at radius 2 is 1.88 bits per heavy atom. The smallest absolute Gasteiger partial charge is 0.268 e. The van der Waals surface area contributed by atoms with Crippen LogP contribution in [0.5, 0.6) is 0 Å². The molecule has 0 amide bonds. The largest absolute Gasteiger partial charge is 0.351 e. The molecule has 0 aliphatic rings. The Bertz CT molecular complexity index is 548. The van der Waals surface area contributed by atoms with Crippen LogP contribution in [0, 0.1) is 0 Å². The summed E-state index contributed by atoms with van der Waals surface area (Å²) in [5.74, 6) is 0. The van der Waals surface area contributed by atoms with E-state index in [1.165, 1.54) is 0 Å². The Kier molecular flexibility index (Phi) is 3.24. The highest BCUT2D eigenvalue weighted by Crippen LogP contribution is 2.32. The zero-order chi connectivity index (χ0) is 11.7. The van der Waals surface area contributed by atoms with Gasteiger partial charge in [-0.25, -0.2) is 0 Å². The average Bonchev–Trinajstić information content (AvgIpc) is 2.71. The fraction of sp³-hybridized carbons (Fsp3) is 0. The van der Waals surface area contributed by atoms with Crippen molar-refractivity contribution in [2.24, 2.45) is 0 Å². The fourth-order valence-electron chi connectivity index (χ4n) is 1.38. The normalized spacial score (nSPS) is 10.4. The lowest BCUT2D eigenvalue weighted by Gasteiger charge is -2.02. The van der Waals surface area contributed by atoms with Crippen molar-refractivity contribution in [2.75, 3.05) is 0 Å². The number of H-pyrrole nitrogens is 1. The van der Waals surface area contributed by atoms with Crippen molar-refractivity contribution in [3.8, 4) is 11.3 Å². The predicted octanol–water partition coefficient (Wildman–Crippen LogP) is 4.37. The van der Waals surface area contributed by atoms with Crippen molar-refractivity contribution in [1.29, 1.82) is 0 Å². The Hall–Kier alpha value is -0.960. The molecule has 82 valence electrons. The summed E-state index contributed by atoms with van der Waals surface area (Å²) >= 11 is 17.3. The fourth-order valence-corrected chi connectivity index (χ4v) is 1.89. The minimum atomic E-state index is -0.538. The molecule has 2 aromatic rings. The Morgan fingerprint density at radius 3 is 2.50 bits per heavy atom. The second-order valence-corrected chi connectivity index (χ2v) is 4.29. The van der Waals surface area contributed by atoms with Crippen molar-refractivity contribution in [3.63, 3.8) is 0 Å². The molecule has 0 aliphatic carbocycles. The van der Waals surface area contributed by atoms with E-state index in [-0.39, 0.29) is 0 Å². The minimum Gasteiger partial charge on any atom is -0.351 e. The molecule has 0 atom stereocenters. The van der Waals surface area contributed by atoms with Gasteiger partial charge in [0.1, 0.15) is 0 Å². The first-order chi connectivity index (χ1) is 7.59. The highest BCUT2D eigenvalue weighted by Gasteiger charge is 2.10. The van der Waals surface area contributed by atoms with Crippen LogP contribution < -0.4 is 0 Å². The van der Waals surface area contributed by atoms with Crippen molar-refractivity contribution in [2.45, 2.75) is 0 Å². The molecular formula is C11H6Cl3NO. The number of halogens is 3. The monoisotopic (exact) mass is 273 g/mol. The number of rotatable bonds is 2. The van der Waals surface area contributed by atoms with E-state index in [1.54, 1.807) is 24.3 Å². The number of aromatic amines is 1. The number of hydrogen-bond donors (Lipinski definition) is 1. The van der Waals surface area contributed by atoms with Crippen molar-refractivity contribution in [3.05, 3.63) is 46.1 Å². The molecule has 1 N–H and O–H groups in total. The molecule has 0 saturated carbocycles. The van der Waals surface area contributed by atoms with Gasteiger partial charge in [-0.15, -0.1) is 0 Å². The molecule has 1 aromatic heterocycles. The summed E-state index contributed by atoms with van der Waals surface area (Å²) in [7, 11) is 0. The maximum absolute atomic E-state index is 10.9. The number of nitrogens with one attached hydrogen (secondary N) is 1. The first kappa shape index (κ1) is 11.5. The average molecular weight is 275 g/mol. The third-order valence-electron chi connectivity index (χ3n) is 2.14. The third kappa shape index (κ3) is 2.09. The summed E-state index contributed by atoms with van der Waals surface area (Å²) in [6, 6.07) is 8.62. The number of aromatic nitrogens is 1. The molecule has 16 heavy (non-hydrogen) atoms. The van der Waals surface area contributed by atoms with Crippen LogP contribution in [0.3, 0.4) is 0 Å². The summed E-state index contributed by atoms with van der Waals surface area (Å²) in [5, 5.41) is 0.372. The quantitative estimate of drug-likeness (QED) is 0.811. The van der Waals surface area contributed by atoms with Crippen LogP contribution in [-0.4, -0.2) is 10.2 Å². The Balaban J connectivity index is 2.50. The molecule has 2 rings (SSSR count). The maximum Gasteiger partial charge on any atom is 0.268 e. The summed E-state index contributed by atoms with van der Waals surface area (Å²) in [5.41, 5.74) is 1.77. The van der Waals surface area contributed by atoms with E-state index < -0.39 is 5.24 Å². The lowest BCUT2D eigenvalue weighted by molar-refractivity contribution is 0.107. The highest BCUT2D eigenvalue weighted by atomic mass is 35.5. The molecule has 0 fully saturated rings. The van der Waals surface area contributed by atoms with Crippen LogP contribution in [0.15, 0.2) is 30.3 Å². The molecular weight excluding hydrogens is 268 g/mol. The molecule has 2 nitrogen and oxygen atoms in total. The molecule has 1 aromatic carbocycles. The molecule has 0 aliphatic heterocycles. The summed E-state index contributed by atoms with van der Waals surface area (Å²) in [4.78, 5) is 13.8. The summed E-state index contributed by atoms with van der Waals surface area (Å²) in [6.07, 6.45) is 0. The van der Waals surface area contributed by atoms with E-state index in [9.17, 15) is 4.79 Å². The van der Waals surface area contributed by atoms with E-state index in [1.807, 2.05) is 6.07 Å². The van der Waals surface area contributed by atoms with Crippen LogP contribution in [-0.2, 0) is 0 Å². The van der Waals surface area contributed by atoms with Gasteiger partial charge in [0, 0.05) is 11.3 Å². The second kappa shape index (κ2) is 4.50. The van der Waals surface area contributed by atoms with Crippen LogP contribution in [0.4, 0.5) is 0 Å². The van der Waals surface area contributed by atoms with Crippen molar-refractivity contribution >= 4 is 40.0 Å². The van der Waals surface area contributed by atoms with Crippen LogP contribution in [0.25, 0.3) is 11.3 Å². The van der Waals surface area contributed by atoms with Gasteiger partial charge < -0.3 is 4.98 Å². The molecule has 0 bridgehead atoms. The minimum absolute atomic E-state index is 0.327. The van der Waals surface area contributed by atoms with Crippen LogP contribution in [0.1, 0.15) is 10.5 Å². The molecule has 0 radical (unpaired) electrons. The third-order valence-corrected chi connectivity index (χ3v) is 3.16. The first-order valence-corrected chi connectivity index (χ1v) is 5.56. The summed E-state index contributed by atoms with van der Waals surface area (Å²) < 4.78 is 0. The van der Waals surface area contributed by atoms with Gasteiger partial charge in [-0.05, 0) is 29.8 Å². The predicted molar refractivity (Wildman–Crippen MR) is 66.4 cm³/mol. The second-order valence-electron chi connectivity index (χ2n) is 3.16. The van der Waals surface area contributed by atoms with E-state index in [0.29, 0.717) is 21.4 Å². The molecule has 0 spiro atoms. The molecule has 0 saturated heterocycles. The van der Waals surface area contributed by atoms with Gasteiger partial charge in [-0.1, -0.05) is 35.3 Å². The number of benzene rings is 1. The van der Waals surface area contributed by atoms with Crippen molar-refractivity contribution < 1.29 is 4.79 Å². The number of carbonyl (C=O) groups excluding carboxylic acids is 1. The maximum atomic E-state index is 10.9. The van der Waals surface area contributed by atoms with Gasteiger partial charge in [-0.2, -0.15) is 0 Å². The van der Waals surface area contributed by atoms with Gasteiger partial charge >= 0.3 is 0 Å². The molecule has 1 heterocycles. The lowest BCUT2D eigenvalue weighted by Crippen LogP contribution is -1.88. The van der Waals surface area contributed by atoms with Crippen LogP contribution >= 0.6 is 34.8 Å². The number of hydrogen-bond acceptors (Lipinski definition) is 1. The van der Waals surface area contributed by atoms with E-state index in [0.717, 1.165) is 5.56 Å². The van der Waals surface area contributed by atoms with Gasteiger partial charge in [-0.3, -0.25) is 4.79 Å². The lowest BCUT2D eigenvalue weighted by atomic mass is 10.1. The zero-order valence-corrected chi connectivity index (χ0v) is 10.2. The van der Waals surface area contributed by atoms with Crippen molar-refractivity contribution in [1.82, 2.24) is 4.98 Å². The zero-order valence-electron chi connectivity index (χ0n) is 7.93. The van der Waals surface area contributed by atoms with Gasteiger partial charge in [0.25, 0.3) is 5.24 Å². The first-order valence-electron chi connectivity index (χ1n) is 4.43. The number of carbonyl (C=O) groups is 1. The molecule has 0 unspecified atom stereocenters. The topological polar surface area (TPSA) is 32.9 Å². The Morgan fingerprint density at radius 1 is 1.12 bits per heavy atom. The standard InChI is InChI=1S/C11H6Cl3NO/c12-7-3-1-2-6(10(7)13)8-4-5-9(15-8)11(14)16/h1-5,15H. The van der Waals surface area contributed by atoms with Gasteiger partial charge in [0.2, 0.25) is 0 Å². The SMILES string of the molecule is O=C(Cl)c1ccc(-c2cccc(Cl)c2Cl)[nH]1. The van der Waals surface area contributed by atoms with E-state index in [2.05, 4.69) is 4.98 Å². The van der Waals surface area contributed by atoms with Gasteiger partial charge in [0.15, 0.2) is 0 Å². The Labute approximate surface area is 107 Å². The van der Waals surface area contributed by atoms with E-state index in [4.69, 9.17) is 34.8 Å². The van der Waals surface area contributed by atoms with Gasteiger partial charge in [0.05, 0.1) is 15.7 Å².